The van der Waals surface area contributed by atoms with Crippen LogP contribution < -0.4 is 5.73 Å². The lowest BCUT2D eigenvalue weighted by Crippen LogP contribution is -2.07. The van der Waals surface area contributed by atoms with Crippen molar-refractivity contribution in [2.45, 2.75) is 25.3 Å². The molecule has 5 heteroatoms. The van der Waals surface area contributed by atoms with Crippen molar-refractivity contribution in [3.63, 3.8) is 0 Å². The van der Waals surface area contributed by atoms with Crippen LogP contribution in [0.2, 0.25) is 0 Å². The van der Waals surface area contributed by atoms with Crippen molar-refractivity contribution in [2.75, 3.05) is 0 Å². The number of hydrogen-bond donors (Lipinski definition) is 1. The highest BCUT2D eigenvalue weighted by molar-refractivity contribution is 9.10. The standard InChI is InChI=1S/C12H13BrN4/c13-9-2-1-3-10(6-9)17-11(7-14)15-12(16-17)8-4-5-8/h1-3,6,8H,4-5,7,14H2. The van der Waals surface area contributed by atoms with Crippen molar-refractivity contribution in [3.05, 3.63) is 40.4 Å². The van der Waals surface area contributed by atoms with Crippen LogP contribution >= 0.6 is 15.9 Å². The highest BCUT2D eigenvalue weighted by Gasteiger charge is 2.28. The van der Waals surface area contributed by atoms with Crippen LogP contribution in [0.15, 0.2) is 28.7 Å². The third-order valence-corrected chi connectivity index (χ3v) is 3.36. The number of halogens is 1. The van der Waals surface area contributed by atoms with E-state index < -0.39 is 0 Å². The molecular weight excluding hydrogens is 280 g/mol. The molecule has 1 aliphatic carbocycles. The summed E-state index contributed by atoms with van der Waals surface area (Å²) < 4.78 is 2.87. The second-order valence-corrected chi connectivity index (χ2v) is 5.17. The summed E-state index contributed by atoms with van der Waals surface area (Å²) in [6, 6.07) is 8.00. The molecular formula is C12H13BrN4. The average molecular weight is 293 g/mol. The molecule has 1 heterocycles. The van der Waals surface area contributed by atoms with Crippen molar-refractivity contribution < 1.29 is 0 Å². The SMILES string of the molecule is NCc1nc(C2CC2)nn1-c1cccc(Br)c1. The van der Waals surface area contributed by atoms with Gasteiger partial charge in [0, 0.05) is 10.4 Å². The molecule has 17 heavy (non-hydrogen) atoms. The van der Waals surface area contributed by atoms with Gasteiger partial charge in [-0.05, 0) is 31.0 Å². The minimum Gasteiger partial charge on any atom is -0.324 e. The molecule has 0 bridgehead atoms. The maximum Gasteiger partial charge on any atom is 0.154 e. The highest BCUT2D eigenvalue weighted by atomic mass is 79.9. The Morgan fingerprint density at radius 1 is 1.41 bits per heavy atom. The molecule has 2 aromatic rings. The predicted molar refractivity (Wildman–Crippen MR) is 68.9 cm³/mol. The second-order valence-electron chi connectivity index (χ2n) is 4.26. The highest BCUT2D eigenvalue weighted by Crippen LogP contribution is 2.38. The molecule has 1 saturated carbocycles. The summed E-state index contributed by atoms with van der Waals surface area (Å²) in [6.07, 6.45) is 2.40. The maximum absolute atomic E-state index is 5.72. The molecule has 0 saturated heterocycles. The van der Waals surface area contributed by atoms with Crippen LogP contribution in [0.3, 0.4) is 0 Å². The van der Waals surface area contributed by atoms with Gasteiger partial charge in [-0.3, -0.25) is 0 Å². The van der Waals surface area contributed by atoms with E-state index in [1.54, 1.807) is 0 Å². The average Bonchev–Trinajstić information content (AvgIpc) is 3.09. The Bertz CT molecular complexity index is 545. The summed E-state index contributed by atoms with van der Waals surface area (Å²) in [5.41, 5.74) is 6.72. The zero-order chi connectivity index (χ0) is 11.8. The van der Waals surface area contributed by atoms with E-state index in [0.29, 0.717) is 12.5 Å². The normalized spacial score (nSPS) is 15.2. The first-order valence-corrected chi connectivity index (χ1v) is 6.49. The van der Waals surface area contributed by atoms with Gasteiger partial charge in [0.15, 0.2) is 5.82 Å². The smallest absolute Gasteiger partial charge is 0.154 e. The molecule has 0 atom stereocenters. The van der Waals surface area contributed by atoms with Crippen LogP contribution in [0.25, 0.3) is 5.69 Å². The summed E-state index contributed by atoms with van der Waals surface area (Å²) >= 11 is 3.46. The van der Waals surface area contributed by atoms with E-state index in [1.807, 2.05) is 28.9 Å². The Hall–Kier alpha value is -1.20. The van der Waals surface area contributed by atoms with Gasteiger partial charge in [-0.1, -0.05) is 22.0 Å². The largest absolute Gasteiger partial charge is 0.324 e. The molecule has 0 spiro atoms. The molecule has 2 N–H and O–H groups in total. The van der Waals surface area contributed by atoms with Crippen molar-refractivity contribution in [2.24, 2.45) is 5.73 Å². The monoisotopic (exact) mass is 292 g/mol. The van der Waals surface area contributed by atoms with Gasteiger partial charge < -0.3 is 5.73 Å². The third kappa shape index (κ3) is 2.12. The van der Waals surface area contributed by atoms with Gasteiger partial charge in [0.05, 0.1) is 12.2 Å². The fourth-order valence-electron chi connectivity index (χ4n) is 1.82. The fourth-order valence-corrected chi connectivity index (χ4v) is 2.21. The van der Waals surface area contributed by atoms with Crippen LogP contribution in [0.1, 0.15) is 30.4 Å². The van der Waals surface area contributed by atoms with E-state index in [1.165, 1.54) is 12.8 Å². The Morgan fingerprint density at radius 2 is 2.24 bits per heavy atom. The molecule has 1 aliphatic rings. The maximum atomic E-state index is 5.72. The minimum atomic E-state index is 0.409. The van der Waals surface area contributed by atoms with E-state index in [2.05, 4.69) is 26.0 Å². The molecule has 1 aromatic heterocycles. The molecule has 0 unspecified atom stereocenters. The van der Waals surface area contributed by atoms with Gasteiger partial charge in [0.1, 0.15) is 5.82 Å². The lowest BCUT2D eigenvalue weighted by atomic mass is 10.3. The minimum absolute atomic E-state index is 0.409. The zero-order valence-electron chi connectivity index (χ0n) is 9.31. The van der Waals surface area contributed by atoms with Gasteiger partial charge in [0.2, 0.25) is 0 Å². The molecule has 3 rings (SSSR count). The summed E-state index contributed by atoms with van der Waals surface area (Å²) in [5.74, 6) is 2.31. The van der Waals surface area contributed by atoms with E-state index >= 15 is 0 Å². The lowest BCUT2D eigenvalue weighted by molar-refractivity contribution is 0.780. The van der Waals surface area contributed by atoms with Crippen LogP contribution in [0.4, 0.5) is 0 Å². The first-order valence-electron chi connectivity index (χ1n) is 5.70. The number of hydrogen-bond acceptors (Lipinski definition) is 3. The zero-order valence-corrected chi connectivity index (χ0v) is 10.9. The summed E-state index contributed by atoms with van der Waals surface area (Å²) in [4.78, 5) is 4.51. The Kier molecular flexibility index (Phi) is 2.72. The Labute approximate surface area is 108 Å². The van der Waals surface area contributed by atoms with Crippen LogP contribution in [-0.4, -0.2) is 14.8 Å². The van der Waals surface area contributed by atoms with E-state index in [-0.39, 0.29) is 0 Å². The summed E-state index contributed by atoms with van der Waals surface area (Å²) in [6.45, 7) is 0.409. The topological polar surface area (TPSA) is 56.7 Å². The van der Waals surface area contributed by atoms with Crippen LogP contribution in [0, 0.1) is 0 Å². The number of benzene rings is 1. The van der Waals surface area contributed by atoms with Crippen molar-refractivity contribution in [1.29, 1.82) is 0 Å². The van der Waals surface area contributed by atoms with Crippen molar-refractivity contribution >= 4 is 15.9 Å². The summed E-state index contributed by atoms with van der Waals surface area (Å²) in [7, 11) is 0. The molecule has 88 valence electrons. The number of nitrogens with two attached hydrogens (primary N) is 1. The van der Waals surface area contributed by atoms with Crippen LogP contribution in [-0.2, 0) is 6.54 Å². The van der Waals surface area contributed by atoms with Crippen LogP contribution in [0.5, 0.6) is 0 Å². The molecule has 4 nitrogen and oxygen atoms in total. The van der Waals surface area contributed by atoms with Crippen molar-refractivity contribution in [1.82, 2.24) is 14.8 Å². The van der Waals surface area contributed by atoms with E-state index in [9.17, 15) is 0 Å². The second kappa shape index (κ2) is 4.23. The van der Waals surface area contributed by atoms with Gasteiger partial charge in [-0.15, -0.1) is 0 Å². The molecule has 0 amide bonds. The fraction of sp³-hybridized carbons (Fsp3) is 0.333. The molecule has 0 aliphatic heterocycles. The third-order valence-electron chi connectivity index (χ3n) is 2.87. The van der Waals surface area contributed by atoms with Crippen molar-refractivity contribution in [3.8, 4) is 5.69 Å². The van der Waals surface area contributed by atoms with E-state index in [4.69, 9.17) is 5.73 Å². The molecule has 1 fully saturated rings. The quantitative estimate of drug-likeness (QED) is 0.945. The Balaban J connectivity index is 2.06. The number of nitrogens with zero attached hydrogens (tertiary/aromatic N) is 3. The molecule has 1 aromatic carbocycles. The molecule has 0 radical (unpaired) electrons. The first-order chi connectivity index (χ1) is 8.28. The van der Waals surface area contributed by atoms with Gasteiger partial charge in [-0.2, -0.15) is 5.10 Å². The van der Waals surface area contributed by atoms with Gasteiger partial charge in [-0.25, -0.2) is 9.67 Å². The predicted octanol–water partition coefficient (Wildman–Crippen LogP) is 2.37. The lowest BCUT2D eigenvalue weighted by Gasteiger charge is -2.04. The number of rotatable bonds is 3. The van der Waals surface area contributed by atoms with Gasteiger partial charge >= 0.3 is 0 Å². The van der Waals surface area contributed by atoms with Gasteiger partial charge in [0.25, 0.3) is 0 Å². The summed E-state index contributed by atoms with van der Waals surface area (Å²) in [5, 5.41) is 4.56. The Morgan fingerprint density at radius 3 is 2.88 bits per heavy atom. The van der Waals surface area contributed by atoms with E-state index in [0.717, 1.165) is 21.8 Å². The number of aromatic nitrogens is 3. The first kappa shape index (κ1) is 10.9.